The first-order valence-corrected chi connectivity index (χ1v) is 7.06. The number of anilines is 1. The highest BCUT2D eigenvalue weighted by Crippen LogP contribution is 2.25. The molecule has 16 heavy (non-hydrogen) atoms. The first-order chi connectivity index (χ1) is 7.70. The van der Waals surface area contributed by atoms with E-state index in [0.717, 1.165) is 24.3 Å². The minimum Gasteiger partial charge on any atom is -0.392 e. The molecule has 0 spiro atoms. The predicted octanol–water partition coefficient (Wildman–Crippen LogP) is 1.40. The third kappa shape index (κ3) is 2.56. The van der Waals surface area contributed by atoms with Crippen molar-refractivity contribution in [3.05, 3.63) is 28.8 Å². The Bertz CT molecular complexity index is 401. The third-order valence-corrected chi connectivity index (χ3v) is 4.24. The van der Waals surface area contributed by atoms with Crippen molar-refractivity contribution in [2.24, 2.45) is 0 Å². The van der Waals surface area contributed by atoms with E-state index in [1.807, 2.05) is 12.1 Å². The second-order valence-corrected chi connectivity index (χ2v) is 5.90. The molecule has 88 valence electrons. The Hall–Kier alpha value is -0.580. The Balaban J connectivity index is 2.22. The molecule has 0 aromatic heterocycles. The number of aliphatic hydroxyl groups is 1. The number of nitrogens with zero attached hydrogens (tertiary/aromatic N) is 1. The van der Waals surface area contributed by atoms with Gasteiger partial charge in [0.25, 0.3) is 0 Å². The van der Waals surface area contributed by atoms with Crippen LogP contribution in [0.3, 0.4) is 0 Å². The highest BCUT2D eigenvalue weighted by atomic mass is 35.5. The maximum absolute atomic E-state index is 11.3. The van der Waals surface area contributed by atoms with Gasteiger partial charge in [-0.2, -0.15) is 0 Å². The topological polar surface area (TPSA) is 40.5 Å². The Morgan fingerprint density at radius 3 is 2.69 bits per heavy atom. The van der Waals surface area contributed by atoms with Crippen LogP contribution in [0.1, 0.15) is 5.56 Å². The van der Waals surface area contributed by atoms with E-state index in [1.165, 1.54) is 0 Å². The first kappa shape index (κ1) is 11.9. The normalized spacial score (nSPS) is 17.8. The number of rotatable bonds is 2. The summed E-state index contributed by atoms with van der Waals surface area (Å²) in [5, 5.41) is 9.91. The van der Waals surface area contributed by atoms with Gasteiger partial charge >= 0.3 is 0 Å². The summed E-state index contributed by atoms with van der Waals surface area (Å²) in [6.45, 7) is 1.54. The molecule has 0 atom stereocenters. The Morgan fingerprint density at radius 1 is 1.38 bits per heavy atom. The summed E-state index contributed by atoms with van der Waals surface area (Å²) in [4.78, 5) is 2.16. The number of aliphatic hydroxyl groups excluding tert-OH is 1. The largest absolute Gasteiger partial charge is 0.392 e. The molecule has 0 radical (unpaired) electrons. The van der Waals surface area contributed by atoms with E-state index >= 15 is 0 Å². The van der Waals surface area contributed by atoms with Crippen LogP contribution in [0.5, 0.6) is 0 Å². The van der Waals surface area contributed by atoms with Crippen LogP contribution in [-0.4, -0.2) is 33.9 Å². The van der Waals surface area contributed by atoms with Crippen molar-refractivity contribution in [1.82, 2.24) is 0 Å². The molecule has 2 rings (SSSR count). The van der Waals surface area contributed by atoms with Gasteiger partial charge in [0.2, 0.25) is 0 Å². The minimum absolute atomic E-state index is 0.0184. The Morgan fingerprint density at radius 2 is 2.06 bits per heavy atom. The van der Waals surface area contributed by atoms with Gasteiger partial charge in [-0.15, -0.1) is 0 Å². The van der Waals surface area contributed by atoms with Gasteiger partial charge < -0.3 is 10.0 Å². The van der Waals surface area contributed by atoms with E-state index in [1.54, 1.807) is 6.07 Å². The number of hydrogen-bond donors (Lipinski definition) is 1. The zero-order valence-electron chi connectivity index (χ0n) is 8.86. The van der Waals surface area contributed by atoms with Crippen molar-refractivity contribution >= 4 is 28.1 Å². The molecule has 1 heterocycles. The van der Waals surface area contributed by atoms with Gasteiger partial charge in [-0.05, 0) is 18.2 Å². The summed E-state index contributed by atoms with van der Waals surface area (Å²) in [5.74, 6) is 1.40. The van der Waals surface area contributed by atoms with Gasteiger partial charge in [0.1, 0.15) is 0 Å². The quantitative estimate of drug-likeness (QED) is 0.873. The first-order valence-electron chi connectivity index (χ1n) is 5.20. The molecule has 0 unspecified atom stereocenters. The van der Waals surface area contributed by atoms with Gasteiger partial charge in [0.05, 0.1) is 6.61 Å². The predicted molar refractivity (Wildman–Crippen MR) is 67.5 cm³/mol. The van der Waals surface area contributed by atoms with Crippen LogP contribution < -0.4 is 4.90 Å². The molecule has 1 N–H and O–H groups in total. The number of benzene rings is 1. The second-order valence-electron chi connectivity index (χ2n) is 3.77. The van der Waals surface area contributed by atoms with Crippen LogP contribution in [0.2, 0.25) is 5.02 Å². The van der Waals surface area contributed by atoms with Gasteiger partial charge in [0.15, 0.2) is 0 Å². The van der Waals surface area contributed by atoms with Gasteiger partial charge in [-0.3, -0.25) is 4.21 Å². The molecule has 1 saturated heterocycles. The maximum Gasteiger partial charge on any atom is 0.0702 e. The minimum atomic E-state index is -0.678. The van der Waals surface area contributed by atoms with Gasteiger partial charge in [0, 0.05) is 51.7 Å². The summed E-state index contributed by atoms with van der Waals surface area (Å²) in [5.41, 5.74) is 1.84. The Kier molecular flexibility index (Phi) is 3.84. The van der Waals surface area contributed by atoms with Crippen LogP contribution in [0.25, 0.3) is 0 Å². The molecule has 3 nitrogen and oxygen atoms in total. The average Bonchev–Trinajstić information content (AvgIpc) is 2.30. The van der Waals surface area contributed by atoms with Crippen molar-refractivity contribution in [2.75, 3.05) is 29.5 Å². The lowest BCUT2D eigenvalue weighted by Crippen LogP contribution is -2.38. The molecule has 1 aliphatic heterocycles. The van der Waals surface area contributed by atoms with Crippen LogP contribution >= 0.6 is 11.6 Å². The molecule has 0 aliphatic carbocycles. The molecule has 1 aromatic rings. The summed E-state index contributed by atoms with van der Waals surface area (Å²) >= 11 is 5.88. The molecule has 0 amide bonds. The van der Waals surface area contributed by atoms with E-state index in [9.17, 15) is 9.32 Å². The molecule has 5 heteroatoms. The second kappa shape index (κ2) is 5.17. The lowest BCUT2D eigenvalue weighted by molar-refractivity contribution is 0.282. The van der Waals surface area contributed by atoms with E-state index in [0.29, 0.717) is 16.5 Å². The monoisotopic (exact) mass is 259 g/mol. The van der Waals surface area contributed by atoms with Crippen molar-refractivity contribution in [2.45, 2.75) is 6.61 Å². The van der Waals surface area contributed by atoms with Crippen LogP contribution in [0.4, 0.5) is 5.69 Å². The van der Waals surface area contributed by atoms with Crippen LogP contribution in [0, 0.1) is 0 Å². The van der Waals surface area contributed by atoms with Crippen LogP contribution in [-0.2, 0) is 17.4 Å². The third-order valence-electron chi connectivity index (χ3n) is 2.73. The molecule has 0 saturated carbocycles. The lowest BCUT2D eigenvalue weighted by atomic mass is 10.1. The maximum atomic E-state index is 11.3. The fourth-order valence-electron chi connectivity index (χ4n) is 1.87. The standard InChI is InChI=1S/C11H14ClNO2S/c12-10-1-2-11(9(7-10)8-14)13-3-5-16(15)6-4-13/h1-2,7,14H,3-6,8H2. The zero-order chi connectivity index (χ0) is 11.5. The van der Waals surface area contributed by atoms with Crippen LogP contribution in [0.15, 0.2) is 18.2 Å². The fraction of sp³-hybridized carbons (Fsp3) is 0.455. The average molecular weight is 260 g/mol. The zero-order valence-corrected chi connectivity index (χ0v) is 10.4. The number of hydrogen-bond acceptors (Lipinski definition) is 3. The Labute approximate surface area is 102 Å². The van der Waals surface area contributed by atoms with Gasteiger partial charge in [-0.1, -0.05) is 11.6 Å². The van der Waals surface area contributed by atoms with E-state index in [4.69, 9.17) is 11.6 Å². The lowest BCUT2D eigenvalue weighted by Gasteiger charge is -2.30. The van der Waals surface area contributed by atoms with Crippen molar-refractivity contribution in [1.29, 1.82) is 0 Å². The molecular formula is C11H14ClNO2S. The SMILES string of the molecule is O=S1CCN(c2ccc(Cl)cc2CO)CC1. The molecule has 1 aromatic carbocycles. The van der Waals surface area contributed by atoms with Crippen molar-refractivity contribution in [3.63, 3.8) is 0 Å². The summed E-state index contributed by atoms with van der Waals surface area (Å²) < 4.78 is 11.3. The highest BCUT2D eigenvalue weighted by molar-refractivity contribution is 7.85. The summed E-state index contributed by atoms with van der Waals surface area (Å²) in [6, 6.07) is 5.52. The molecular weight excluding hydrogens is 246 g/mol. The number of halogens is 1. The molecule has 1 fully saturated rings. The van der Waals surface area contributed by atoms with E-state index < -0.39 is 10.8 Å². The van der Waals surface area contributed by atoms with Crippen molar-refractivity contribution in [3.8, 4) is 0 Å². The fourth-order valence-corrected chi connectivity index (χ4v) is 3.11. The smallest absolute Gasteiger partial charge is 0.0702 e. The summed E-state index contributed by atoms with van der Waals surface area (Å²) in [6.07, 6.45) is 0. The molecule has 1 aliphatic rings. The highest BCUT2D eigenvalue weighted by Gasteiger charge is 2.17. The van der Waals surface area contributed by atoms with Gasteiger partial charge in [-0.25, -0.2) is 0 Å². The van der Waals surface area contributed by atoms with E-state index in [2.05, 4.69) is 4.90 Å². The van der Waals surface area contributed by atoms with Crippen molar-refractivity contribution < 1.29 is 9.32 Å². The summed E-state index contributed by atoms with van der Waals surface area (Å²) in [7, 11) is -0.678. The van der Waals surface area contributed by atoms with E-state index in [-0.39, 0.29) is 6.61 Å². The molecule has 0 bridgehead atoms.